The Morgan fingerprint density at radius 2 is 1.78 bits per heavy atom. The zero-order chi connectivity index (χ0) is 18.1. The lowest BCUT2D eigenvalue weighted by molar-refractivity contribution is 0.180. The standard InChI is InChI=1S/C22H25N5/c1-2-4-9-18(8-3-1)27-13-19-21(14-27)24-15-25-22(19)26-17-11-16-7-5-6-10-20(16)23-12-17/h5-7,10-12,15,18H,1-4,8-9,13-14H2,(H,24,25,26). The molecule has 5 rings (SSSR count). The van der Waals surface area contributed by atoms with Crippen molar-refractivity contribution in [3.05, 3.63) is 54.1 Å². The molecule has 27 heavy (non-hydrogen) atoms. The monoisotopic (exact) mass is 359 g/mol. The molecule has 3 heterocycles. The van der Waals surface area contributed by atoms with Gasteiger partial charge in [0.15, 0.2) is 0 Å². The summed E-state index contributed by atoms with van der Waals surface area (Å²) in [5, 5.41) is 4.62. The highest BCUT2D eigenvalue weighted by atomic mass is 15.2. The van der Waals surface area contributed by atoms with E-state index in [0.29, 0.717) is 6.04 Å². The molecule has 2 aliphatic rings. The van der Waals surface area contributed by atoms with E-state index in [1.165, 1.54) is 49.8 Å². The van der Waals surface area contributed by atoms with E-state index in [1.807, 2.05) is 24.4 Å². The highest BCUT2D eigenvalue weighted by Gasteiger charge is 2.29. The first kappa shape index (κ1) is 16.6. The van der Waals surface area contributed by atoms with Gasteiger partial charge in [0.05, 0.1) is 23.1 Å². The molecule has 1 aromatic carbocycles. The summed E-state index contributed by atoms with van der Waals surface area (Å²) in [6.45, 7) is 1.90. The Kier molecular flexibility index (Phi) is 4.46. The number of hydrogen-bond donors (Lipinski definition) is 1. The van der Waals surface area contributed by atoms with Crippen LogP contribution >= 0.6 is 0 Å². The third-order valence-corrected chi connectivity index (χ3v) is 5.94. The van der Waals surface area contributed by atoms with Crippen molar-refractivity contribution in [1.82, 2.24) is 19.9 Å². The van der Waals surface area contributed by atoms with Crippen molar-refractivity contribution >= 4 is 22.4 Å². The van der Waals surface area contributed by atoms with Gasteiger partial charge in [-0.05, 0) is 25.0 Å². The summed E-state index contributed by atoms with van der Waals surface area (Å²) in [5.41, 5.74) is 4.40. The molecule has 0 saturated heterocycles. The number of fused-ring (bicyclic) bond motifs is 2. The van der Waals surface area contributed by atoms with Gasteiger partial charge in [0.2, 0.25) is 0 Å². The van der Waals surface area contributed by atoms with Gasteiger partial charge in [-0.25, -0.2) is 9.97 Å². The van der Waals surface area contributed by atoms with Crippen LogP contribution < -0.4 is 5.32 Å². The highest BCUT2D eigenvalue weighted by molar-refractivity contribution is 5.82. The van der Waals surface area contributed by atoms with Gasteiger partial charge in [0, 0.05) is 30.1 Å². The summed E-state index contributed by atoms with van der Waals surface area (Å²) in [6.07, 6.45) is 11.7. The Morgan fingerprint density at radius 3 is 2.67 bits per heavy atom. The molecule has 0 atom stereocenters. The van der Waals surface area contributed by atoms with Crippen LogP contribution in [0.3, 0.4) is 0 Å². The second-order valence-electron chi connectivity index (χ2n) is 7.74. The molecule has 138 valence electrons. The third kappa shape index (κ3) is 3.39. The number of rotatable bonds is 3. The maximum Gasteiger partial charge on any atom is 0.138 e. The van der Waals surface area contributed by atoms with E-state index in [0.717, 1.165) is 35.5 Å². The molecule has 1 fully saturated rings. The second kappa shape index (κ2) is 7.24. The van der Waals surface area contributed by atoms with E-state index >= 15 is 0 Å². The van der Waals surface area contributed by atoms with E-state index in [4.69, 9.17) is 0 Å². The van der Waals surface area contributed by atoms with Gasteiger partial charge in [-0.3, -0.25) is 9.88 Å². The predicted octanol–water partition coefficient (Wildman–Crippen LogP) is 4.81. The smallest absolute Gasteiger partial charge is 0.138 e. The van der Waals surface area contributed by atoms with Crippen LogP contribution in [0, 0.1) is 0 Å². The number of pyridine rings is 1. The molecule has 0 amide bonds. The van der Waals surface area contributed by atoms with Gasteiger partial charge < -0.3 is 5.32 Å². The average molecular weight is 359 g/mol. The van der Waals surface area contributed by atoms with Gasteiger partial charge >= 0.3 is 0 Å². The van der Waals surface area contributed by atoms with Crippen molar-refractivity contribution in [2.75, 3.05) is 5.32 Å². The van der Waals surface area contributed by atoms with Crippen LogP contribution in [0.2, 0.25) is 0 Å². The number of aromatic nitrogens is 3. The zero-order valence-corrected chi connectivity index (χ0v) is 15.6. The summed E-state index contributed by atoms with van der Waals surface area (Å²) >= 11 is 0. The van der Waals surface area contributed by atoms with Gasteiger partial charge in [-0.15, -0.1) is 0 Å². The Hall–Kier alpha value is -2.53. The summed E-state index contributed by atoms with van der Waals surface area (Å²) in [4.78, 5) is 16.3. The van der Waals surface area contributed by atoms with Gasteiger partial charge in [-0.2, -0.15) is 0 Å². The largest absolute Gasteiger partial charge is 0.339 e. The van der Waals surface area contributed by atoms with Crippen molar-refractivity contribution in [1.29, 1.82) is 0 Å². The van der Waals surface area contributed by atoms with Crippen LogP contribution in [0.1, 0.15) is 49.8 Å². The maximum atomic E-state index is 4.57. The quantitative estimate of drug-likeness (QED) is 0.680. The number of nitrogens with one attached hydrogen (secondary N) is 1. The Labute approximate surface area is 159 Å². The van der Waals surface area contributed by atoms with Crippen LogP contribution in [-0.4, -0.2) is 25.9 Å². The van der Waals surface area contributed by atoms with Crippen LogP contribution in [0.25, 0.3) is 10.9 Å². The molecule has 0 spiro atoms. The minimum Gasteiger partial charge on any atom is -0.339 e. The maximum absolute atomic E-state index is 4.57. The predicted molar refractivity (Wildman–Crippen MR) is 108 cm³/mol. The number of nitrogens with zero attached hydrogens (tertiary/aromatic N) is 4. The fourth-order valence-electron chi connectivity index (χ4n) is 4.47. The lowest BCUT2D eigenvalue weighted by atomic mass is 10.1. The first-order valence-corrected chi connectivity index (χ1v) is 10.1. The summed E-state index contributed by atoms with van der Waals surface area (Å²) in [5.74, 6) is 0.924. The average Bonchev–Trinajstić information content (AvgIpc) is 2.96. The first-order chi connectivity index (χ1) is 13.4. The molecule has 1 saturated carbocycles. The Morgan fingerprint density at radius 1 is 0.926 bits per heavy atom. The SMILES string of the molecule is c1ccc2ncc(Nc3ncnc4c3CN(C3CCCCCC3)C4)cc2c1. The minimum absolute atomic E-state index is 0.692. The molecule has 1 N–H and O–H groups in total. The van der Waals surface area contributed by atoms with Crippen molar-refractivity contribution in [2.45, 2.75) is 57.7 Å². The zero-order valence-electron chi connectivity index (χ0n) is 15.6. The van der Waals surface area contributed by atoms with E-state index in [2.05, 4.69) is 37.3 Å². The molecule has 5 nitrogen and oxygen atoms in total. The van der Waals surface area contributed by atoms with E-state index in [9.17, 15) is 0 Å². The second-order valence-corrected chi connectivity index (χ2v) is 7.74. The molecule has 0 bridgehead atoms. The lowest BCUT2D eigenvalue weighted by Crippen LogP contribution is -2.30. The molecule has 0 radical (unpaired) electrons. The lowest BCUT2D eigenvalue weighted by Gasteiger charge is -2.26. The molecule has 1 aliphatic heterocycles. The van der Waals surface area contributed by atoms with Gasteiger partial charge in [0.25, 0.3) is 0 Å². The topological polar surface area (TPSA) is 53.9 Å². The molecule has 5 heteroatoms. The number of hydrogen-bond acceptors (Lipinski definition) is 5. The number of benzene rings is 1. The molecule has 2 aromatic heterocycles. The summed E-state index contributed by atoms with van der Waals surface area (Å²) in [6, 6.07) is 11.0. The van der Waals surface area contributed by atoms with E-state index < -0.39 is 0 Å². The van der Waals surface area contributed by atoms with Crippen LogP contribution in [0.4, 0.5) is 11.5 Å². The molecule has 0 unspecified atom stereocenters. The summed E-state index contributed by atoms with van der Waals surface area (Å²) in [7, 11) is 0. The highest BCUT2D eigenvalue weighted by Crippen LogP contribution is 2.33. The van der Waals surface area contributed by atoms with Gasteiger partial charge in [0.1, 0.15) is 12.1 Å². The van der Waals surface area contributed by atoms with Crippen molar-refractivity contribution in [2.24, 2.45) is 0 Å². The van der Waals surface area contributed by atoms with E-state index in [1.54, 1.807) is 6.33 Å². The molecule has 3 aromatic rings. The van der Waals surface area contributed by atoms with Crippen molar-refractivity contribution in [3.8, 4) is 0 Å². The van der Waals surface area contributed by atoms with Crippen molar-refractivity contribution in [3.63, 3.8) is 0 Å². The normalized spacial score (nSPS) is 18.4. The first-order valence-electron chi connectivity index (χ1n) is 10.1. The third-order valence-electron chi connectivity index (χ3n) is 5.94. The fraction of sp³-hybridized carbons (Fsp3) is 0.409. The number of anilines is 2. The molecular formula is C22H25N5. The Bertz CT molecular complexity index is 946. The fourth-order valence-corrected chi connectivity index (χ4v) is 4.47. The van der Waals surface area contributed by atoms with Gasteiger partial charge in [-0.1, -0.05) is 43.9 Å². The van der Waals surface area contributed by atoms with Crippen LogP contribution in [0.5, 0.6) is 0 Å². The van der Waals surface area contributed by atoms with Crippen LogP contribution in [-0.2, 0) is 13.1 Å². The summed E-state index contributed by atoms with van der Waals surface area (Å²) < 4.78 is 0. The Balaban J connectivity index is 1.38. The molecular weight excluding hydrogens is 334 g/mol. The van der Waals surface area contributed by atoms with Crippen LogP contribution in [0.15, 0.2) is 42.9 Å². The van der Waals surface area contributed by atoms with E-state index in [-0.39, 0.29) is 0 Å². The number of para-hydroxylation sites is 1. The van der Waals surface area contributed by atoms with Crippen molar-refractivity contribution < 1.29 is 0 Å². The minimum atomic E-state index is 0.692. The molecule has 1 aliphatic carbocycles.